The number of anilines is 2. The lowest BCUT2D eigenvalue weighted by Crippen LogP contribution is -2.36. The van der Waals surface area contributed by atoms with Crippen LogP contribution in [0.2, 0.25) is 0 Å². The zero-order valence-electron chi connectivity index (χ0n) is 22.7. The molecule has 4 aromatic rings. The van der Waals surface area contributed by atoms with Crippen LogP contribution in [0.15, 0.2) is 18.5 Å². The fourth-order valence-electron chi connectivity index (χ4n) is 5.33. The number of hydrogen-bond donors (Lipinski definition) is 1. The molecular weight excluding hydrogens is 482 g/mol. The van der Waals surface area contributed by atoms with Gasteiger partial charge in [0.25, 0.3) is 0 Å². The van der Waals surface area contributed by atoms with Crippen molar-refractivity contribution in [2.75, 3.05) is 19.4 Å². The van der Waals surface area contributed by atoms with Gasteiger partial charge in [-0.1, -0.05) is 0 Å². The molecule has 0 spiro atoms. The van der Waals surface area contributed by atoms with Crippen molar-refractivity contribution in [1.29, 1.82) is 0 Å². The van der Waals surface area contributed by atoms with Crippen molar-refractivity contribution >= 4 is 45.5 Å². The van der Waals surface area contributed by atoms with Crippen LogP contribution in [-0.4, -0.2) is 76.7 Å². The Morgan fingerprint density at radius 3 is 2.45 bits per heavy atom. The topological polar surface area (TPSA) is 106 Å². The highest BCUT2D eigenvalue weighted by Gasteiger charge is 2.42. The van der Waals surface area contributed by atoms with Crippen LogP contribution in [-0.2, 0) is 36.1 Å². The standard InChI is InChI=1S/C27H35N9O2/c1-6-34-19(13-22(37)36(17-7-8-17)18-9-10-18)12-20-25-24(28-15-33(25)5)26(30-27(20)34)29-21-11-16(2)35(31-21)14-23(38)32(3)4/h11-12,15,17-18H,6-10,13-14H2,1-5H3,(H,29,30,31). The molecule has 2 fully saturated rings. The highest BCUT2D eigenvalue weighted by Crippen LogP contribution is 2.38. The minimum Gasteiger partial charge on any atom is -0.347 e. The van der Waals surface area contributed by atoms with E-state index in [-0.39, 0.29) is 18.4 Å². The van der Waals surface area contributed by atoms with E-state index in [9.17, 15) is 9.59 Å². The first kappa shape index (κ1) is 24.4. The largest absolute Gasteiger partial charge is 0.347 e. The van der Waals surface area contributed by atoms with Gasteiger partial charge in [0.15, 0.2) is 11.6 Å². The Morgan fingerprint density at radius 1 is 1.11 bits per heavy atom. The quantitative estimate of drug-likeness (QED) is 0.366. The van der Waals surface area contributed by atoms with Crippen molar-refractivity contribution in [3.05, 3.63) is 29.8 Å². The first-order valence-electron chi connectivity index (χ1n) is 13.4. The molecule has 4 heterocycles. The van der Waals surface area contributed by atoms with E-state index in [0.29, 0.717) is 36.7 Å². The van der Waals surface area contributed by atoms with Crippen molar-refractivity contribution in [2.45, 2.75) is 71.1 Å². The molecule has 11 heteroatoms. The van der Waals surface area contributed by atoms with Crippen molar-refractivity contribution < 1.29 is 9.59 Å². The maximum Gasteiger partial charge on any atom is 0.243 e. The zero-order valence-corrected chi connectivity index (χ0v) is 22.7. The molecule has 2 amide bonds. The van der Waals surface area contributed by atoms with E-state index in [1.54, 1.807) is 30.0 Å². The average Bonchev–Trinajstić information content (AvgIpc) is 3.78. The summed E-state index contributed by atoms with van der Waals surface area (Å²) < 4.78 is 5.82. The zero-order chi connectivity index (χ0) is 26.7. The van der Waals surface area contributed by atoms with Crippen molar-refractivity contribution in [1.82, 2.24) is 38.7 Å². The van der Waals surface area contributed by atoms with Gasteiger partial charge in [0.2, 0.25) is 11.8 Å². The molecule has 2 aliphatic carbocycles. The number of imidazole rings is 1. The Labute approximate surface area is 221 Å². The fraction of sp³-hybridized carbons (Fsp3) is 0.519. The first-order valence-corrected chi connectivity index (χ1v) is 13.4. The van der Waals surface area contributed by atoms with Crippen LogP contribution in [0.25, 0.3) is 22.1 Å². The van der Waals surface area contributed by atoms with Gasteiger partial charge in [-0.15, -0.1) is 0 Å². The maximum atomic E-state index is 13.4. The minimum atomic E-state index is -0.0285. The van der Waals surface area contributed by atoms with Gasteiger partial charge in [-0.3, -0.25) is 14.3 Å². The summed E-state index contributed by atoms with van der Waals surface area (Å²) in [7, 11) is 5.44. The van der Waals surface area contributed by atoms with Crippen LogP contribution in [0.3, 0.4) is 0 Å². The second-order valence-electron chi connectivity index (χ2n) is 10.8. The molecule has 1 N–H and O–H groups in total. The molecule has 200 valence electrons. The van der Waals surface area contributed by atoms with E-state index in [2.05, 4.69) is 37.9 Å². The average molecular weight is 518 g/mol. The van der Waals surface area contributed by atoms with E-state index in [1.807, 2.05) is 24.6 Å². The number of carbonyl (C=O) groups excluding carboxylic acids is 2. The Bertz CT molecular complexity index is 1540. The summed E-state index contributed by atoms with van der Waals surface area (Å²) in [6.45, 7) is 4.88. The third-order valence-electron chi connectivity index (χ3n) is 7.62. The molecule has 2 saturated carbocycles. The Morgan fingerprint density at radius 2 is 1.82 bits per heavy atom. The van der Waals surface area contributed by atoms with Crippen LogP contribution >= 0.6 is 0 Å². The summed E-state index contributed by atoms with van der Waals surface area (Å²) >= 11 is 0. The molecule has 0 radical (unpaired) electrons. The number of hydrogen-bond acceptors (Lipinski definition) is 6. The summed E-state index contributed by atoms with van der Waals surface area (Å²) in [5.41, 5.74) is 4.36. The van der Waals surface area contributed by atoms with Crippen LogP contribution in [0, 0.1) is 6.92 Å². The third-order valence-corrected chi connectivity index (χ3v) is 7.62. The molecular formula is C27H35N9O2. The number of aromatic nitrogens is 6. The number of rotatable bonds is 9. The Balaban J connectivity index is 1.37. The van der Waals surface area contributed by atoms with Crippen molar-refractivity contribution in [3.8, 4) is 0 Å². The van der Waals surface area contributed by atoms with Crippen LogP contribution in [0.5, 0.6) is 0 Å². The number of fused-ring (bicyclic) bond motifs is 3. The Hall–Kier alpha value is -3.89. The second-order valence-corrected chi connectivity index (χ2v) is 10.8. The van der Waals surface area contributed by atoms with E-state index in [4.69, 9.17) is 4.98 Å². The molecule has 0 aliphatic heterocycles. The lowest BCUT2D eigenvalue weighted by Gasteiger charge is -2.22. The van der Waals surface area contributed by atoms with E-state index in [0.717, 1.165) is 59.1 Å². The summed E-state index contributed by atoms with van der Waals surface area (Å²) in [6, 6.07) is 4.88. The summed E-state index contributed by atoms with van der Waals surface area (Å²) in [4.78, 5) is 39.0. The van der Waals surface area contributed by atoms with Gasteiger partial charge in [0.1, 0.15) is 17.7 Å². The van der Waals surface area contributed by atoms with Gasteiger partial charge < -0.3 is 24.3 Å². The normalized spacial score (nSPS) is 15.4. The van der Waals surface area contributed by atoms with Gasteiger partial charge in [-0.2, -0.15) is 5.10 Å². The highest BCUT2D eigenvalue weighted by molar-refractivity contribution is 6.07. The summed E-state index contributed by atoms with van der Waals surface area (Å²) in [6.07, 6.45) is 6.68. The van der Waals surface area contributed by atoms with Gasteiger partial charge in [0, 0.05) is 62.6 Å². The third kappa shape index (κ3) is 4.29. The fourth-order valence-corrected chi connectivity index (χ4v) is 5.33. The molecule has 0 unspecified atom stereocenters. The molecule has 0 saturated heterocycles. The molecule has 0 bridgehead atoms. The number of nitrogens with one attached hydrogen (secondary N) is 1. The number of aryl methyl sites for hydroxylation is 3. The smallest absolute Gasteiger partial charge is 0.243 e. The molecule has 4 aromatic heterocycles. The van der Waals surface area contributed by atoms with Gasteiger partial charge in [-0.05, 0) is 45.6 Å². The number of likely N-dealkylation sites (N-methyl/N-ethyl adjacent to an activating group) is 1. The monoisotopic (exact) mass is 517 g/mol. The number of nitrogens with zero attached hydrogens (tertiary/aromatic N) is 8. The number of carbonyl (C=O) groups is 2. The molecule has 6 rings (SSSR count). The van der Waals surface area contributed by atoms with Crippen LogP contribution in [0.1, 0.15) is 44.0 Å². The summed E-state index contributed by atoms with van der Waals surface area (Å²) in [5, 5.41) is 8.93. The van der Waals surface area contributed by atoms with Crippen molar-refractivity contribution in [2.24, 2.45) is 7.05 Å². The lowest BCUT2D eigenvalue weighted by atomic mass is 10.2. The molecule has 0 atom stereocenters. The van der Waals surface area contributed by atoms with Crippen LogP contribution < -0.4 is 5.32 Å². The SMILES string of the molecule is CCn1c(CC(=O)N(C2CC2)C2CC2)cc2c3c(ncn3C)c(Nc3cc(C)n(CC(=O)N(C)C)n3)nc21. The highest BCUT2D eigenvalue weighted by atomic mass is 16.2. The molecule has 2 aliphatic rings. The molecule has 0 aromatic carbocycles. The number of pyridine rings is 1. The first-order chi connectivity index (χ1) is 18.2. The minimum absolute atomic E-state index is 0.0285. The lowest BCUT2D eigenvalue weighted by molar-refractivity contribution is -0.132. The van der Waals surface area contributed by atoms with E-state index in [1.165, 1.54) is 0 Å². The predicted octanol–water partition coefficient (Wildman–Crippen LogP) is 2.98. The van der Waals surface area contributed by atoms with E-state index < -0.39 is 0 Å². The van der Waals surface area contributed by atoms with Crippen LogP contribution in [0.4, 0.5) is 11.6 Å². The van der Waals surface area contributed by atoms with Gasteiger partial charge in [0.05, 0.1) is 18.3 Å². The number of amides is 2. The predicted molar refractivity (Wildman–Crippen MR) is 145 cm³/mol. The second kappa shape index (κ2) is 9.14. The van der Waals surface area contributed by atoms with Gasteiger partial charge >= 0.3 is 0 Å². The maximum absolute atomic E-state index is 13.4. The van der Waals surface area contributed by atoms with E-state index >= 15 is 0 Å². The molecule has 38 heavy (non-hydrogen) atoms. The summed E-state index contributed by atoms with van der Waals surface area (Å²) in [5.74, 6) is 1.39. The van der Waals surface area contributed by atoms with Gasteiger partial charge in [-0.25, -0.2) is 9.97 Å². The van der Waals surface area contributed by atoms with Crippen molar-refractivity contribution in [3.63, 3.8) is 0 Å². The molecule has 11 nitrogen and oxygen atoms in total. The Kier molecular flexibility index (Phi) is 5.88.